The summed E-state index contributed by atoms with van der Waals surface area (Å²) in [5.74, 6) is 0.725. The first-order chi connectivity index (χ1) is 13.7. The minimum Gasteiger partial charge on any atom is -0.264 e. The third kappa shape index (κ3) is 4.04. The number of aromatic nitrogens is 2. The summed E-state index contributed by atoms with van der Waals surface area (Å²) in [6, 6.07) is 24.3. The zero-order chi connectivity index (χ0) is 19.9. The molecule has 0 fully saturated rings. The number of fused-ring (bicyclic) bond motifs is 1. The summed E-state index contributed by atoms with van der Waals surface area (Å²) in [4.78, 5) is 13.7. The van der Waals surface area contributed by atoms with Crippen LogP contribution in [-0.2, 0) is 0 Å². The van der Waals surface area contributed by atoms with Gasteiger partial charge in [0.15, 0.2) is 5.82 Å². The van der Waals surface area contributed by atoms with Crippen LogP contribution in [0.1, 0.15) is 12.5 Å². The van der Waals surface area contributed by atoms with Gasteiger partial charge in [0.05, 0.1) is 16.9 Å². The van der Waals surface area contributed by atoms with Crippen molar-refractivity contribution in [2.24, 2.45) is 4.99 Å². The van der Waals surface area contributed by atoms with Crippen molar-refractivity contribution >= 4 is 23.3 Å². The van der Waals surface area contributed by atoms with Crippen LogP contribution < -0.4 is 0 Å². The molecule has 0 saturated carbocycles. The summed E-state index contributed by atoms with van der Waals surface area (Å²) < 4.78 is 0. The van der Waals surface area contributed by atoms with Gasteiger partial charge in [-0.15, -0.1) is 6.58 Å². The van der Waals surface area contributed by atoms with Gasteiger partial charge in [0.1, 0.15) is 0 Å². The standard InChI is InChI=1S/C22H17N3.C3H6/c1-15-12-13-17(14-20(15)23-2)21-18-10-6-7-11-19(18)24-22(25-21)16-8-4-3-5-9-16;1-3-2/h3-14H,2H2,1H3;3H,1H2,2H3. The van der Waals surface area contributed by atoms with Crippen molar-refractivity contribution in [1.29, 1.82) is 0 Å². The van der Waals surface area contributed by atoms with E-state index in [4.69, 9.17) is 9.97 Å². The Balaban J connectivity index is 0.000000706. The molecule has 0 N–H and O–H groups in total. The lowest BCUT2D eigenvalue weighted by Crippen LogP contribution is -1.95. The molecule has 138 valence electrons. The molecule has 3 aromatic carbocycles. The lowest BCUT2D eigenvalue weighted by Gasteiger charge is -2.10. The Labute approximate surface area is 166 Å². The van der Waals surface area contributed by atoms with Crippen molar-refractivity contribution in [2.75, 3.05) is 0 Å². The van der Waals surface area contributed by atoms with E-state index in [9.17, 15) is 0 Å². The van der Waals surface area contributed by atoms with E-state index in [0.29, 0.717) is 0 Å². The van der Waals surface area contributed by atoms with E-state index < -0.39 is 0 Å². The molecule has 3 heteroatoms. The monoisotopic (exact) mass is 365 g/mol. The smallest absolute Gasteiger partial charge is 0.160 e. The van der Waals surface area contributed by atoms with Gasteiger partial charge in [-0.1, -0.05) is 66.7 Å². The molecule has 0 atom stereocenters. The fourth-order valence-corrected chi connectivity index (χ4v) is 2.94. The van der Waals surface area contributed by atoms with Crippen LogP contribution in [0.15, 0.2) is 90.4 Å². The predicted molar refractivity (Wildman–Crippen MR) is 120 cm³/mol. The van der Waals surface area contributed by atoms with Gasteiger partial charge < -0.3 is 0 Å². The van der Waals surface area contributed by atoms with Crippen LogP contribution >= 0.6 is 0 Å². The van der Waals surface area contributed by atoms with Gasteiger partial charge in [-0.05, 0) is 38.3 Å². The van der Waals surface area contributed by atoms with E-state index in [1.165, 1.54) is 0 Å². The first-order valence-electron chi connectivity index (χ1n) is 9.15. The Morgan fingerprint density at radius 2 is 1.54 bits per heavy atom. The van der Waals surface area contributed by atoms with Crippen LogP contribution in [0.5, 0.6) is 0 Å². The maximum absolute atomic E-state index is 4.87. The summed E-state index contributed by atoms with van der Waals surface area (Å²) >= 11 is 0. The summed E-state index contributed by atoms with van der Waals surface area (Å²) in [5, 5.41) is 1.03. The summed E-state index contributed by atoms with van der Waals surface area (Å²) in [6.07, 6.45) is 1.75. The molecule has 4 aromatic rings. The van der Waals surface area contributed by atoms with Crippen LogP contribution in [0.2, 0.25) is 0 Å². The van der Waals surface area contributed by atoms with Gasteiger partial charge >= 0.3 is 0 Å². The third-order valence-electron chi connectivity index (χ3n) is 4.29. The van der Waals surface area contributed by atoms with Crippen LogP contribution in [0, 0.1) is 6.92 Å². The predicted octanol–water partition coefficient (Wildman–Crippen LogP) is 6.80. The Hall–Kier alpha value is -3.59. The molecule has 1 aromatic heterocycles. The quantitative estimate of drug-likeness (QED) is 0.296. The molecule has 0 spiro atoms. The number of hydrogen-bond donors (Lipinski definition) is 0. The lowest BCUT2D eigenvalue weighted by atomic mass is 10.0. The number of benzene rings is 3. The van der Waals surface area contributed by atoms with E-state index in [1.54, 1.807) is 6.08 Å². The molecule has 3 nitrogen and oxygen atoms in total. The summed E-state index contributed by atoms with van der Waals surface area (Å²) in [6.45, 7) is 11.0. The minimum absolute atomic E-state index is 0.725. The van der Waals surface area contributed by atoms with Crippen LogP contribution in [-0.4, -0.2) is 16.7 Å². The second-order valence-electron chi connectivity index (χ2n) is 6.35. The number of aliphatic imine (C=N–C) groups is 1. The number of nitrogens with zero attached hydrogens (tertiary/aromatic N) is 3. The molecule has 0 radical (unpaired) electrons. The molecule has 0 aliphatic carbocycles. The molecular formula is C25H23N3. The van der Waals surface area contributed by atoms with E-state index in [0.717, 1.165) is 44.8 Å². The maximum atomic E-state index is 4.87. The zero-order valence-electron chi connectivity index (χ0n) is 16.3. The van der Waals surface area contributed by atoms with Gasteiger partial charge in [0.2, 0.25) is 0 Å². The van der Waals surface area contributed by atoms with Crippen molar-refractivity contribution in [3.63, 3.8) is 0 Å². The van der Waals surface area contributed by atoms with Crippen molar-refractivity contribution in [1.82, 2.24) is 9.97 Å². The second-order valence-corrected chi connectivity index (χ2v) is 6.35. The zero-order valence-corrected chi connectivity index (χ0v) is 16.3. The number of rotatable bonds is 3. The first-order valence-corrected chi connectivity index (χ1v) is 9.15. The lowest BCUT2D eigenvalue weighted by molar-refractivity contribution is 1.23. The van der Waals surface area contributed by atoms with Gasteiger partial charge in [0.25, 0.3) is 0 Å². The average molecular weight is 365 g/mol. The number of allylic oxidation sites excluding steroid dienone is 1. The van der Waals surface area contributed by atoms with Gasteiger partial charge in [-0.2, -0.15) is 0 Å². The third-order valence-corrected chi connectivity index (χ3v) is 4.29. The molecular weight excluding hydrogens is 342 g/mol. The van der Waals surface area contributed by atoms with E-state index in [1.807, 2.05) is 68.4 Å². The Morgan fingerprint density at radius 3 is 2.25 bits per heavy atom. The molecule has 4 rings (SSSR count). The highest BCUT2D eigenvalue weighted by atomic mass is 14.9. The van der Waals surface area contributed by atoms with Crippen molar-refractivity contribution in [2.45, 2.75) is 13.8 Å². The molecule has 0 aliphatic rings. The molecule has 0 unspecified atom stereocenters. The van der Waals surface area contributed by atoms with Gasteiger partial charge in [0, 0.05) is 16.5 Å². The highest BCUT2D eigenvalue weighted by Crippen LogP contribution is 2.32. The first kappa shape index (κ1) is 19.2. The normalized spacial score (nSPS) is 10.1. The minimum atomic E-state index is 0.725. The highest BCUT2D eigenvalue weighted by Gasteiger charge is 2.12. The summed E-state index contributed by atoms with van der Waals surface area (Å²) in [7, 11) is 0. The topological polar surface area (TPSA) is 38.1 Å². The SMILES string of the molecule is C=CC.C=Nc1cc(-c2nc(-c3ccccc3)nc3ccccc23)ccc1C. The number of aryl methyl sites for hydroxylation is 1. The molecule has 1 heterocycles. The number of para-hydroxylation sites is 1. The Kier molecular flexibility index (Phi) is 6.07. The molecule has 0 amide bonds. The fraction of sp³-hybridized carbons (Fsp3) is 0.0800. The molecule has 0 saturated heterocycles. The van der Waals surface area contributed by atoms with Crippen LogP contribution in [0.3, 0.4) is 0 Å². The largest absolute Gasteiger partial charge is 0.264 e. The van der Waals surface area contributed by atoms with Crippen LogP contribution in [0.25, 0.3) is 33.5 Å². The van der Waals surface area contributed by atoms with E-state index >= 15 is 0 Å². The summed E-state index contributed by atoms with van der Waals surface area (Å²) in [5.41, 5.74) is 5.84. The Bertz CT molecular complexity index is 1120. The fourth-order valence-electron chi connectivity index (χ4n) is 2.94. The second kappa shape index (κ2) is 8.87. The maximum Gasteiger partial charge on any atom is 0.160 e. The van der Waals surface area contributed by atoms with Crippen molar-refractivity contribution < 1.29 is 0 Å². The average Bonchev–Trinajstić information content (AvgIpc) is 2.74. The van der Waals surface area contributed by atoms with Crippen molar-refractivity contribution in [3.8, 4) is 22.6 Å². The highest BCUT2D eigenvalue weighted by molar-refractivity contribution is 5.94. The van der Waals surface area contributed by atoms with Gasteiger partial charge in [-0.25, -0.2) is 9.97 Å². The van der Waals surface area contributed by atoms with E-state index in [2.05, 4.69) is 36.5 Å². The molecule has 28 heavy (non-hydrogen) atoms. The van der Waals surface area contributed by atoms with Crippen LogP contribution in [0.4, 0.5) is 5.69 Å². The van der Waals surface area contributed by atoms with Gasteiger partial charge in [-0.3, -0.25) is 4.99 Å². The van der Waals surface area contributed by atoms with E-state index in [-0.39, 0.29) is 0 Å². The number of hydrogen-bond acceptors (Lipinski definition) is 3. The molecule has 0 bridgehead atoms. The Morgan fingerprint density at radius 1 is 0.857 bits per heavy atom. The van der Waals surface area contributed by atoms with Crippen molar-refractivity contribution in [3.05, 3.63) is 91.0 Å². The molecule has 0 aliphatic heterocycles.